The lowest BCUT2D eigenvalue weighted by molar-refractivity contribution is 0.411. The zero-order valence-electron chi connectivity index (χ0n) is 8.21. The van der Waals surface area contributed by atoms with Crippen molar-refractivity contribution in [2.75, 3.05) is 0 Å². The molecule has 0 unspecified atom stereocenters. The molecule has 0 aromatic carbocycles. The quantitative estimate of drug-likeness (QED) is 0.581. The van der Waals surface area contributed by atoms with Crippen molar-refractivity contribution >= 4 is 0 Å². The maximum atomic E-state index is 4.41. The minimum atomic E-state index is 0.760. The molecule has 0 aromatic heterocycles. The molecule has 0 aromatic rings. The second-order valence-corrected chi connectivity index (χ2v) is 4.10. The Morgan fingerprint density at radius 2 is 1.69 bits per heavy atom. The Bertz CT molecular complexity index is 207. The lowest BCUT2D eigenvalue weighted by Crippen LogP contribution is -2.10. The van der Waals surface area contributed by atoms with Crippen LogP contribution in [0, 0.1) is 5.92 Å². The van der Waals surface area contributed by atoms with Crippen molar-refractivity contribution in [3.63, 3.8) is 0 Å². The second kappa shape index (κ2) is 4.50. The highest BCUT2D eigenvalue weighted by Gasteiger charge is 2.16. The molecule has 0 atom stereocenters. The van der Waals surface area contributed by atoms with Crippen LogP contribution >= 0.6 is 0 Å². The molecular formula is C12H18N. The zero-order valence-corrected chi connectivity index (χ0v) is 8.21. The van der Waals surface area contributed by atoms with E-state index in [4.69, 9.17) is 0 Å². The molecule has 1 saturated carbocycles. The van der Waals surface area contributed by atoms with Gasteiger partial charge in [0.1, 0.15) is 0 Å². The zero-order chi connectivity index (χ0) is 8.93. The molecule has 1 heterocycles. The first-order valence-electron chi connectivity index (χ1n) is 5.54. The molecule has 1 heteroatoms. The van der Waals surface area contributed by atoms with E-state index in [0.29, 0.717) is 0 Å². The van der Waals surface area contributed by atoms with Gasteiger partial charge in [-0.25, -0.2) is 0 Å². The standard InChI is InChI=1S/C12H18N/c1-2-4-7-11(8-5-3-1)12-9-6-10-13-12/h6,9-11H,1-5,7-8H2. The fourth-order valence-electron chi connectivity index (χ4n) is 2.31. The van der Waals surface area contributed by atoms with E-state index in [1.54, 1.807) is 0 Å². The Morgan fingerprint density at radius 1 is 1.00 bits per heavy atom. The molecule has 2 rings (SSSR count). The van der Waals surface area contributed by atoms with Gasteiger partial charge in [-0.1, -0.05) is 32.1 Å². The maximum absolute atomic E-state index is 4.41. The molecular weight excluding hydrogens is 158 g/mol. The van der Waals surface area contributed by atoms with E-state index in [0.717, 1.165) is 5.92 Å². The average molecular weight is 176 g/mol. The highest BCUT2D eigenvalue weighted by Crippen LogP contribution is 2.28. The van der Waals surface area contributed by atoms with Crippen molar-refractivity contribution in [2.24, 2.45) is 5.92 Å². The minimum Gasteiger partial charge on any atom is -0.261 e. The lowest BCUT2D eigenvalue weighted by Gasteiger charge is -2.19. The molecule has 0 amide bonds. The highest BCUT2D eigenvalue weighted by atomic mass is 14.9. The van der Waals surface area contributed by atoms with E-state index in [1.807, 2.05) is 6.20 Å². The molecule has 1 aliphatic carbocycles. The first kappa shape index (κ1) is 8.86. The van der Waals surface area contributed by atoms with Crippen molar-refractivity contribution in [1.82, 2.24) is 5.32 Å². The molecule has 0 N–H and O–H groups in total. The van der Waals surface area contributed by atoms with Crippen molar-refractivity contribution in [1.29, 1.82) is 0 Å². The van der Waals surface area contributed by atoms with Crippen molar-refractivity contribution < 1.29 is 0 Å². The number of allylic oxidation sites excluding steroid dienone is 3. The summed E-state index contributed by atoms with van der Waals surface area (Å²) in [6.07, 6.45) is 16.0. The predicted octanol–water partition coefficient (Wildman–Crippen LogP) is 3.36. The van der Waals surface area contributed by atoms with Crippen LogP contribution in [-0.4, -0.2) is 0 Å². The summed E-state index contributed by atoms with van der Waals surface area (Å²) >= 11 is 0. The molecule has 0 saturated heterocycles. The number of rotatable bonds is 1. The summed E-state index contributed by atoms with van der Waals surface area (Å²) in [4.78, 5) is 0. The van der Waals surface area contributed by atoms with Gasteiger partial charge in [-0.3, -0.25) is 5.32 Å². The Balaban J connectivity index is 1.88. The summed E-state index contributed by atoms with van der Waals surface area (Å²) in [7, 11) is 0. The molecule has 13 heavy (non-hydrogen) atoms. The summed E-state index contributed by atoms with van der Waals surface area (Å²) in [5.74, 6) is 0.760. The van der Waals surface area contributed by atoms with Crippen LogP contribution in [0.2, 0.25) is 0 Å². The molecule has 0 spiro atoms. The van der Waals surface area contributed by atoms with Crippen molar-refractivity contribution in [3.8, 4) is 0 Å². The normalized spacial score (nSPS) is 24.8. The number of hydrogen-bond donors (Lipinski definition) is 0. The third kappa shape index (κ3) is 2.36. The maximum Gasteiger partial charge on any atom is 0.0435 e. The van der Waals surface area contributed by atoms with E-state index >= 15 is 0 Å². The van der Waals surface area contributed by atoms with E-state index in [1.165, 1.54) is 50.6 Å². The summed E-state index contributed by atoms with van der Waals surface area (Å²) in [5, 5.41) is 4.41. The minimum absolute atomic E-state index is 0.760. The van der Waals surface area contributed by atoms with Gasteiger partial charge < -0.3 is 0 Å². The number of nitrogens with zero attached hydrogens (tertiary/aromatic N) is 1. The summed E-state index contributed by atoms with van der Waals surface area (Å²) in [5.41, 5.74) is 1.34. The Morgan fingerprint density at radius 3 is 2.31 bits per heavy atom. The van der Waals surface area contributed by atoms with E-state index in [9.17, 15) is 0 Å². The summed E-state index contributed by atoms with van der Waals surface area (Å²) < 4.78 is 0. The van der Waals surface area contributed by atoms with Crippen molar-refractivity contribution in [2.45, 2.75) is 44.9 Å². The van der Waals surface area contributed by atoms with Gasteiger partial charge in [-0.2, -0.15) is 0 Å². The van der Waals surface area contributed by atoms with Gasteiger partial charge in [0.2, 0.25) is 0 Å². The van der Waals surface area contributed by atoms with E-state index in [-0.39, 0.29) is 0 Å². The second-order valence-electron chi connectivity index (χ2n) is 4.10. The molecule has 1 aliphatic heterocycles. The first-order valence-corrected chi connectivity index (χ1v) is 5.54. The lowest BCUT2D eigenvalue weighted by atomic mass is 9.89. The van der Waals surface area contributed by atoms with E-state index in [2.05, 4.69) is 17.5 Å². The third-order valence-electron chi connectivity index (χ3n) is 3.10. The summed E-state index contributed by atoms with van der Waals surface area (Å²) in [6.45, 7) is 0. The van der Waals surface area contributed by atoms with Gasteiger partial charge in [-0.15, -0.1) is 0 Å². The molecule has 1 nitrogen and oxygen atoms in total. The number of hydrogen-bond acceptors (Lipinski definition) is 0. The first-order chi connectivity index (χ1) is 6.47. The van der Waals surface area contributed by atoms with Crippen LogP contribution in [0.1, 0.15) is 44.9 Å². The van der Waals surface area contributed by atoms with Gasteiger partial charge in [-0.05, 0) is 25.0 Å². The summed E-state index contributed by atoms with van der Waals surface area (Å²) in [6, 6.07) is 0. The topological polar surface area (TPSA) is 14.1 Å². The van der Waals surface area contributed by atoms with Crippen LogP contribution in [0.4, 0.5) is 0 Å². The average Bonchev–Trinajstić information content (AvgIpc) is 2.55. The van der Waals surface area contributed by atoms with Crippen LogP contribution in [0.3, 0.4) is 0 Å². The van der Waals surface area contributed by atoms with Crippen LogP contribution in [0.25, 0.3) is 0 Å². The Kier molecular flexibility index (Phi) is 3.07. The third-order valence-corrected chi connectivity index (χ3v) is 3.10. The molecule has 1 radical (unpaired) electrons. The van der Waals surface area contributed by atoms with Crippen LogP contribution < -0.4 is 5.32 Å². The fraction of sp³-hybridized carbons (Fsp3) is 0.667. The largest absolute Gasteiger partial charge is 0.261 e. The SMILES string of the molecule is C1=C[N]C(C2CCCCCCC2)=C1. The molecule has 71 valence electrons. The van der Waals surface area contributed by atoms with Crippen molar-refractivity contribution in [3.05, 3.63) is 24.0 Å². The van der Waals surface area contributed by atoms with Gasteiger partial charge in [0.05, 0.1) is 0 Å². The Hall–Kier alpha value is -0.720. The molecule has 2 aliphatic rings. The van der Waals surface area contributed by atoms with Gasteiger partial charge in [0, 0.05) is 17.8 Å². The van der Waals surface area contributed by atoms with Crippen LogP contribution in [0.15, 0.2) is 24.0 Å². The molecule has 1 fully saturated rings. The van der Waals surface area contributed by atoms with Gasteiger partial charge in [0.15, 0.2) is 0 Å². The van der Waals surface area contributed by atoms with Crippen LogP contribution in [-0.2, 0) is 0 Å². The Labute approximate surface area is 80.9 Å². The van der Waals surface area contributed by atoms with Crippen LogP contribution in [0.5, 0.6) is 0 Å². The monoisotopic (exact) mass is 176 g/mol. The molecule has 0 bridgehead atoms. The van der Waals surface area contributed by atoms with Gasteiger partial charge >= 0.3 is 0 Å². The highest BCUT2D eigenvalue weighted by molar-refractivity contribution is 5.21. The van der Waals surface area contributed by atoms with E-state index < -0.39 is 0 Å². The fourth-order valence-corrected chi connectivity index (χ4v) is 2.31. The van der Waals surface area contributed by atoms with Gasteiger partial charge in [0.25, 0.3) is 0 Å². The smallest absolute Gasteiger partial charge is 0.0435 e. The predicted molar refractivity (Wildman–Crippen MR) is 55.2 cm³/mol.